The molecule has 0 saturated carbocycles. The van der Waals surface area contributed by atoms with E-state index in [-0.39, 0.29) is 17.2 Å². The molecule has 0 bridgehead atoms. The van der Waals surface area contributed by atoms with Crippen LogP contribution in [-0.2, 0) is 5.41 Å². The molecule has 0 radical (unpaired) electrons. The van der Waals surface area contributed by atoms with Gasteiger partial charge in [-0.15, -0.1) is 0 Å². The summed E-state index contributed by atoms with van der Waals surface area (Å²) in [6, 6.07) is 20.0. The molecule has 1 aromatic heterocycles. The number of hydrogen-bond donors (Lipinski definition) is 3. The summed E-state index contributed by atoms with van der Waals surface area (Å²) in [4.78, 5) is 25.7. The SMILES string of the molecule is CC(C)(C)c1ccc(C(=O)Nc2ccccc2C(=O)Nc2ccc3cn[nH]c3c2)cc1. The maximum atomic E-state index is 12.9. The highest BCUT2D eigenvalue weighted by Gasteiger charge is 2.17. The second-order valence-electron chi connectivity index (χ2n) is 8.45. The zero-order chi connectivity index (χ0) is 22.0. The lowest BCUT2D eigenvalue weighted by Gasteiger charge is -2.19. The number of anilines is 2. The summed E-state index contributed by atoms with van der Waals surface area (Å²) in [5, 5.41) is 13.6. The molecule has 0 fully saturated rings. The number of carbonyl (C=O) groups excluding carboxylic acids is 2. The molecule has 2 amide bonds. The van der Waals surface area contributed by atoms with Gasteiger partial charge in [-0.3, -0.25) is 14.7 Å². The van der Waals surface area contributed by atoms with Crippen LogP contribution in [0.1, 0.15) is 47.1 Å². The van der Waals surface area contributed by atoms with E-state index in [4.69, 9.17) is 0 Å². The van der Waals surface area contributed by atoms with Gasteiger partial charge in [-0.25, -0.2) is 0 Å². The molecule has 0 unspecified atom stereocenters. The molecular formula is C25H24N4O2. The number of rotatable bonds is 4. The highest BCUT2D eigenvalue weighted by molar-refractivity contribution is 6.12. The van der Waals surface area contributed by atoms with E-state index in [0.29, 0.717) is 22.5 Å². The maximum absolute atomic E-state index is 12.9. The number of nitrogens with one attached hydrogen (secondary N) is 3. The minimum atomic E-state index is -0.308. The van der Waals surface area contributed by atoms with Crippen molar-refractivity contribution in [2.45, 2.75) is 26.2 Å². The topological polar surface area (TPSA) is 86.9 Å². The van der Waals surface area contributed by atoms with Crippen LogP contribution >= 0.6 is 0 Å². The van der Waals surface area contributed by atoms with E-state index in [9.17, 15) is 9.59 Å². The molecule has 6 heteroatoms. The van der Waals surface area contributed by atoms with Crippen molar-refractivity contribution in [2.75, 3.05) is 10.6 Å². The predicted octanol–water partition coefficient (Wildman–Crippen LogP) is 5.37. The van der Waals surface area contributed by atoms with Crippen LogP contribution in [0.25, 0.3) is 10.9 Å². The largest absolute Gasteiger partial charge is 0.322 e. The van der Waals surface area contributed by atoms with Crippen molar-refractivity contribution in [1.82, 2.24) is 10.2 Å². The lowest BCUT2D eigenvalue weighted by molar-refractivity contribution is 0.102. The van der Waals surface area contributed by atoms with E-state index in [1.54, 1.807) is 42.6 Å². The van der Waals surface area contributed by atoms with E-state index < -0.39 is 0 Å². The van der Waals surface area contributed by atoms with Crippen LogP contribution in [0.3, 0.4) is 0 Å². The molecule has 3 aromatic carbocycles. The van der Waals surface area contributed by atoms with Crippen LogP contribution < -0.4 is 10.6 Å². The molecule has 0 aliphatic heterocycles. The summed E-state index contributed by atoms with van der Waals surface area (Å²) >= 11 is 0. The smallest absolute Gasteiger partial charge is 0.257 e. The number of nitrogens with zero attached hydrogens (tertiary/aromatic N) is 1. The van der Waals surface area contributed by atoms with E-state index in [1.807, 2.05) is 30.3 Å². The second-order valence-corrected chi connectivity index (χ2v) is 8.45. The molecule has 3 N–H and O–H groups in total. The van der Waals surface area contributed by atoms with Crippen molar-refractivity contribution in [3.05, 3.63) is 89.6 Å². The number of aromatic nitrogens is 2. The molecule has 4 aromatic rings. The highest BCUT2D eigenvalue weighted by atomic mass is 16.2. The number of aromatic amines is 1. The third-order valence-corrected chi connectivity index (χ3v) is 5.13. The number of fused-ring (bicyclic) bond motifs is 1. The quantitative estimate of drug-likeness (QED) is 0.421. The number of benzene rings is 3. The molecule has 0 atom stereocenters. The van der Waals surface area contributed by atoms with Gasteiger partial charge < -0.3 is 10.6 Å². The fourth-order valence-electron chi connectivity index (χ4n) is 3.32. The summed E-state index contributed by atoms with van der Waals surface area (Å²) in [7, 11) is 0. The summed E-state index contributed by atoms with van der Waals surface area (Å²) in [6.45, 7) is 6.38. The standard InChI is InChI=1S/C25H24N4O2/c1-25(2,3)18-11-8-16(9-12-18)23(30)28-21-7-5-4-6-20(21)24(31)27-19-13-10-17-15-26-29-22(17)14-19/h4-15H,1-3H3,(H,26,29)(H,27,31)(H,28,30). The Morgan fingerprint density at radius 1 is 0.871 bits per heavy atom. The first-order chi connectivity index (χ1) is 14.8. The fraction of sp³-hybridized carbons (Fsp3) is 0.160. The van der Waals surface area contributed by atoms with Crippen molar-refractivity contribution in [3.8, 4) is 0 Å². The summed E-state index contributed by atoms with van der Waals surface area (Å²) in [6.07, 6.45) is 1.72. The first kappa shape index (κ1) is 20.3. The first-order valence-electron chi connectivity index (χ1n) is 10.1. The van der Waals surface area contributed by atoms with Gasteiger partial charge in [0.1, 0.15) is 0 Å². The van der Waals surface area contributed by atoms with Crippen molar-refractivity contribution in [2.24, 2.45) is 0 Å². The van der Waals surface area contributed by atoms with E-state index in [0.717, 1.165) is 16.5 Å². The molecule has 0 aliphatic rings. The number of hydrogen-bond acceptors (Lipinski definition) is 3. The minimum Gasteiger partial charge on any atom is -0.322 e. The van der Waals surface area contributed by atoms with E-state index >= 15 is 0 Å². The monoisotopic (exact) mass is 412 g/mol. The van der Waals surface area contributed by atoms with E-state index in [1.165, 1.54) is 0 Å². The first-order valence-corrected chi connectivity index (χ1v) is 10.1. The fourth-order valence-corrected chi connectivity index (χ4v) is 3.32. The van der Waals surface area contributed by atoms with Gasteiger partial charge in [0.25, 0.3) is 11.8 Å². The van der Waals surface area contributed by atoms with Crippen LogP contribution in [0.2, 0.25) is 0 Å². The van der Waals surface area contributed by atoms with Crippen molar-refractivity contribution < 1.29 is 9.59 Å². The Kier molecular flexibility index (Phi) is 5.29. The van der Waals surface area contributed by atoms with Gasteiger partial charge in [0.2, 0.25) is 0 Å². The highest BCUT2D eigenvalue weighted by Crippen LogP contribution is 2.24. The third-order valence-electron chi connectivity index (χ3n) is 5.13. The Balaban J connectivity index is 1.52. The number of carbonyl (C=O) groups is 2. The van der Waals surface area contributed by atoms with Gasteiger partial charge in [-0.2, -0.15) is 5.10 Å². The van der Waals surface area contributed by atoms with Crippen LogP contribution in [0.15, 0.2) is 72.9 Å². The number of para-hydroxylation sites is 1. The lowest BCUT2D eigenvalue weighted by Crippen LogP contribution is -2.18. The third kappa shape index (κ3) is 4.48. The summed E-state index contributed by atoms with van der Waals surface area (Å²) < 4.78 is 0. The molecule has 6 nitrogen and oxygen atoms in total. The Bertz CT molecular complexity index is 1250. The molecule has 31 heavy (non-hydrogen) atoms. The Morgan fingerprint density at radius 3 is 2.35 bits per heavy atom. The van der Waals surface area contributed by atoms with Gasteiger partial charge in [0, 0.05) is 16.6 Å². The number of amides is 2. The van der Waals surface area contributed by atoms with Crippen LogP contribution in [0.4, 0.5) is 11.4 Å². The molecule has 1 heterocycles. The normalized spacial score (nSPS) is 11.3. The van der Waals surface area contributed by atoms with Gasteiger partial charge >= 0.3 is 0 Å². The Labute approximate surface area is 180 Å². The van der Waals surface area contributed by atoms with E-state index in [2.05, 4.69) is 41.6 Å². The zero-order valence-electron chi connectivity index (χ0n) is 17.7. The minimum absolute atomic E-state index is 0.0128. The average Bonchev–Trinajstić information content (AvgIpc) is 3.21. The average molecular weight is 412 g/mol. The molecule has 0 spiro atoms. The maximum Gasteiger partial charge on any atom is 0.257 e. The van der Waals surface area contributed by atoms with Crippen LogP contribution in [0, 0.1) is 0 Å². The van der Waals surface area contributed by atoms with Crippen molar-refractivity contribution >= 4 is 34.1 Å². The predicted molar refractivity (Wildman–Crippen MR) is 124 cm³/mol. The lowest BCUT2D eigenvalue weighted by atomic mass is 9.86. The Morgan fingerprint density at radius 2 is 1.61 bits per heavy atom. The van der Waals surface area contributed by atoms with Crippen LogP contribution in [0.5, 0.6) is 0 Å². The molecule has 4 rings (SSSR count). The van der Waals surface area contributed by atoms with Gasteiger partial charge in [0.15, 0.2) is 0 Å². The van der Waals surface area contributed by atoms with Gasteiger partial charge in [0.05, 0.1) is 23.0 Å². The summed E-state index contributed by atoms with van der Waals surface area (Å²) in [5.74, 6) is -0.572. The number of H-pyrrole nitrogens is 1. The van der Waals surface area contributed by atoms with Crippen molar-refractivity contribution in [1.29, 1.82) is 0 Å². The zero-order valence-corrected chi connectivity index (χ0v) is 17.7. The Hall–Kier alpha value is -3.93. The molecular weight excluding hydrogens is 388 g/mol. The summed E-state index contributed by atoms with van der Waals surface area (Å²) in [5.41, 5.74) is 4.00. The van der Waals surface area contributed by atoms with Gasteiger partial charge in [-0.05, 0) is 53.4 Å². The second kappa shape index (κ2) is 8.07. The van der Waals surface area contributed by atoms with Gasteiger partial charge in [-0.1, -0.05) is 45.0 Å². The molecule has 0 saturated heterocycles. The molecule has 156 valence electrons. The molecule has 0 aliphatic carbocycles. The van der Waals surface area contributed by atoms with Crippen LogP contribution in [-0.4, -0.2) is 22.0 Å². The van der Waals surface area contributed by atoms with Crippen molar-refractivity contribution in [3.63, 3.8) is 0 Å².